The number of hydrogen-bond donors (Lipinski definition) is 1. The van der Waals surface area contributed by atoms with Crippen LogP contribution in [0.15, 0.2) is 46.5 Å². The van der Waals surface area contributed by atoms with E-state index in [0.29, 0.717) is 13.0 Å². The molecule has 1 aromatic heterocycles. The van der Waals surface area contributed by atoms with E-state index in [1.165, 1.54) is 24.3 Å². The van der Waals surface area contributed by atoms with Crippen LogP contribution in [0.5, 0.6) is 0 Å². The largest absolute Gasteiger partial charge is 0.335 e. The van der Waals surface area contributed by atoms with E-state index in [4.69, 9.17) is 0 Å². The molecule has 2 aromatic rings. The van der Waals surface area contributed by atoms with Crippen molar-refractivity contribution in [1.82, 2.24) is 14.3 Å². The fourth-order valence-corrected chi connectivity index (χ4v) is 4.85. The van der Waals surface area contributed by atoms with Gasteiger partial charge in [0.1, 0.15) is 10.7 Å². The smallest absolute Gasteiger partial charge is 0.241 e. The molecular formula is C14H19N3O4S2. The van der Waals surface area contributed by atoms with Crippen molar-refractivity contribution < 1.29 is 16.8 Å². The Morgan fingerprint density at radius 2 is 1.78 bits per heavy atom. The maximum Gasteiger partial charge on any atom is 0.241 e. The molecule has 0 saturated carbocycles. The summed E-state index contributed by atoms with van der Waals surface area (Å²) in [4.78, 5) is 3.67. The number of sulfonamides is 1. The zero-order chi connectivity index (χ0) is 17.1. The Kier molecular flexibility index (Phi) is 5.23. The summed E-state index contributed by atoms with van der Waals surface area (Å²) in [7, 11) is -7.50. The van der Waals surface area contributed by atoms with Crippen molar-refractivity contribution in [3.8, 4) is 0 Å². The Bertz CT molecular complexity index is 886. The topological polar surface area (TPSA) is 98.1 Å². The molecule has 1 aromatic carbocycles. The first-order valence-electron chi connectivity index (χ1n) is 6.98. The highest BCUT2D eigenvalue weighted by Crippen LogP contribution is 2.20. The van der Waals surface area contributed by atoms with Crippen molar-refractivity contribution in [1.29, 1.82) is 0 Å². The first kappa shape index (κ1) is 17.6. The maximum atomic E-state index is 12.3. The molecule has 0 atom stereocenters. The summed E-state index contributed by atoms with van der Waals surface area (Å²) in [6.07, 6.45) is 5.06. The van der Waals surface area contributed by atoms with Gasteiger partial charge in [-0.15, -0.1) is 0 Å². The summed E-state index contributed by atoms with van der Waals surface area (Å²) in [5, 5.41) is 0. The van der Waals surface area contributed by atoms with Gasteiger partial charge in [-0.25, -0.2) is 26.5 Å². The predicted octanol–water partition coefficient (Wildman–Crippen LogP) is 0.964. The fourth-order valence-electron chi connectivity index (χ4n) is 2.15. The molecule has 0 spiro atoms. The normalized spacial score (nSPS) is 12.4. The quantitative estimate of drug-likeness (QED) is 0.745. The van der Waals surface area contributed by atoms with E-state index in [-0.39, 0.29) is 16.3 Å². The van der Waals surface area contributed by atoms with Gasteiger partial charge in [-0.1, -0.05) is 12.1 Å². The zero-order valence-corrected chi connectivity index (χ0v) is 14.6. The molecule has 23 heavy (non-hydrogen) atoms. The highest BCUT2D eigenvalue weighted by Gasteiger charge is 2.22. The molecule has 0 fully saturated rings. The lowest BCUT2D eigenvalue weighted by molar-refractivity contribution is 0.563. The van der Waals surface area contributed by atoms with E-state index < -0.39 is 19.9 Å². The highest BCUT2D eigenvalue weighted by atomic mass is 32.2. The molecule has 0 unspecified atom stereocenters. The van der Waals surface area contributed by atoms with Crippen molar-refractivity contribution in [2.24, 2.45) is 0 Å². The first-order chi connectivity index (χ1) is 10.7. The van der Waals surface area contributed by atoms with Crippen LogP contribution in [0.3, 0.4) is 0 Å². The molecule has 0 aliphatic carbocycles. The van der Waals surface area contributed by atoms with E-state index >= 15 is 0 Å². The Balaban J connectivity index is 2.07. The molecule has 126 valence electrons. The second-order valence-electron chi connectivity index (χ2n) is 5.14. The Labute approximate surface area is 136 Å². The number of nitrogens with one attached hydrogen (secondary N) is 1. The molecule has 0 bridgehead atoms. The molecular weight excluding hydrogens is 338 g/mol. The Morgan fingerprint density at radius 3 is 2.35 bits per heavy atom. The van der Waals surface area contributed by atoms with Crippen LogP contribution < -0.4 is 4.72 Å². The third kappa shape index (κ3) is 4.40. The second-order valence-corrected chi connectivity index (χ2v) is 8.86. The van der Waals surface area contributed by atoms with Gasteiger partial charge in [-0.05, 0) is 25.5 Å². The highest BCUT2D eigenvalue weighted by molar-refractivity contribution is 7.93. The van der Waals surface area contributed by atoms with Gasteiger partial charge in [0.2, 0.25) is 10.0 Å². The summed E-state index contributed by atoms with van der Waals surface area (Å²) in [5.74, 6) is 0.857. The second kappa shape index (κ2) is 6.81. The zero-order valence-electron chi connectivity index (χ0n) is 12.9. The van der Waals surface area contributed by atoms with Gasteiger partial charge in [0.05, 0.1) is 4.90 Å². The first-order valence-corrected chi connectivity index (χ1v) is 10.4. The van der Waals surface area contributed by atoms with Gasteiger partial charge >= 0.3 is 0 Å². The molecule has 1 N–H and O–H groups in total. The minimum Gasteiger partial charge on any atom is -0.335 e. The molecule has 9 heteroatoms. The summed E-state index contributed by atoms with van der Waals surface area (Å²) >= 11 is 0. The van der Waals surface area contributed by atoms with Crippen LogP contribution in [0, 0.1) is 6.92 Å². The van der Waals surface area contributed by atoms with E-state index in [9.17, 15) is 16.8 Å². The molecule has 0 saturated heterocycles. The van der Waals surface area contributed by atoms with Gasteiger partial charge in [-0.2, -0.15) is 0 Å². The number of sulfone groups is 1. The van der Waals surface area contributed by atoms with Crippen LogP contribution >= 0.6 is 0 Å². The minimum atomic E-state index is -3.88. The number of hydrogen-bond acceptors (Lipinski definition) is 5. The van der Waals surface area contributed by atoms with E-state index in [0.717, 1.165) is 12.1 Å². The lowest BCUT2D eigenvalue weighted by Crippen LogP contribution is -2.27. The number of benzene rings is 1. The van der Waals surface area contributed by atoms with Crippen LogP contribution in [0.25, 0.3) is 0 Å². The Hall–Kier alpha value is -1.71. The van der Waals surface area contributed by atoms with Crippen molar-refractivity contribution in [3.05, 3.63) is 42.5 Å². The predicted molar refractivity (Wildman–Crippen MR) is 86.3 cm³/mol. The third-order valence-electron chi connectivity index (χ3n) is 3.33. The van der Waals surface area contributed by atoms with Crippen LogP contribution in [0.4, 0.5) is 0 Å². The SMILES string of the molecule is Cc1nccn1CCCNS(=O)(=O)c1ccccc1S(C)(=O)=O. The van der Waals surface area contributed by atoms with Crippen molar-refractivity contribution >= 4 is 19.9 Å². The van der Waals surface area contributed by atoms with Crippen molar-refractivity contribution in [2.75, 3.05) is 12.8 Å². The van der Waals surface area contributed by atoms with Crippen molar-refractivity contribution in [2.45, 2.75) is 29.7 Å². The average molecular weight is 357 g/mol. The summed E-state index contributed by atoms with van der Waals surface area (Å²) in [6, 6.07) is 5.58. The summed E-state index contributed by atoms with van der Waals surface area (Å²) < 4.78 is 52.5. The molecule has 2 rings (SSSR count). The summed E-state index contributed by atoms with van der Waals surface area (Å²) in [5.41, 5.74) is 0. The monoisotopic (exact) mass is 357 g/mol. The molecule has 0 radical (unpaired) electrons. The van der Waals surface area contributed by atoms with Gasteiger partial charge in [0.25, 0.3) is 0 Å². The van der Waals surface area contributed by atoms with Gasteiger partial charge in [0, 0.05) is 31.7 Å². The number of aromatic nitrogens is 2. The van der Waals surface area contributed by atoms with Crippen LogP contribution in [-0.4, -0.2) is 39.2 Å². The lowest BCUT2D eigenvalue weighted by Gasteiger charge is -2.11. The van der Waals surface area contributed by atoms with E-state index in [1.54, 1.807) is 6.20 Å². The summed E-state index contributed by atoms with van der Waals surface area (Å²) in [6.45, 7) is 2.70. The molecule has 0 aliphatic rings. The average Bonchev–Trinajstić information content (AvgIpc) is 2.88. The van der Waals surface area contributed by atoms with E-state index in [1.807, 2.05) is 17.7 Å². The molecule has 1 heterocycles. The standard InChI is InChI=1S/C14H19N3O4S2/c1-12-15-9-11-17(12)10-5-8-16-23(20,21)14-7-4-3-6-13(14)22(2,18)19/h3-4,6-7,9,11,16H,5,8,10H2,1-2H3. The van der Waals surface area contributed by atoms with Crippen molar-refractivity contribution in [3.63, 3.8) is 0 Å². The van der Waals surface area contributed by atoms with Gasteiger partial charge in [0.15, 0.2) is 9.84 Å². The lowest BCUT2D eigenvalue weighted by atomic mass is 10.4. The fraction of sp³-hybridized carbons (Fsp3) is 0.357. The van der Waals surface area contributed by atoms with E-state index in [2.05, 4.69) is 9.71 Å². The van der Waals surface area contributed by atoms with Crippen LogP contribution in [-0.2, 0) is 26.4 Å². The van der Waals surface area contributed by atoms with Crippen LogP contribution in [0.2, 0.25) is 0 Å². The number of imidazole rings is 1. The number of nitrogens with zero attached hydrogens (tertiary/aromatic N) is 2. The maximum absolute atomic E-state index is 12.3. The van der Waals surface area contributed by atoms with Gasteiger partial charge < -0.3 is 4.57 Å². The molecule has 0 amide bonds. The Morgan fingerprint density at radius 1 is 1.13 bits per heavy atom. The molecule has 7 nitrogen and oxygen atoms in total. The molecule has 0 aliphatic heterocycles. The number of rotatable bonds is 7. The van der Waals surface area contributed by atoms with Crippen LogP contribution in [0.1, 0.15) is 12.2 Å². The van der Waals surface area contributed by atoms with Gasteiger partial charge in [-0.3, -0.25) is 0 Å². The minimum absolute atomic E-state index is 0.196. The number of aryl methyl sites for hydroxylation is 2. The third-order valence-corrected chi connectivity index (χ3v) is 6.13.